The van der Waals surface area contributed by atoms with E-state index in [4.69, 9.17) is 11.6 Å². The fourth-order valence-corrected chi connectivity index (χ4v) is 1.56. The van der Waals surface area contributed by atoms with Crippen molar-refractivity contribution >= 4 is 17.2 Å². The number of aryl methyl sites for hydroxylation is 1. The van der Waals surface area contributed by atoms with E-state index >= 15 is 0 Å². The molecule has 0 saturated carbocycles. The van der Waals surface area contributed by atoms with Gasteiger partial charge in [0, 0.05) is 0 Å². The first-order valence-corrected chi connectivity index (χ1v) is 5.18. The summed E-state index contributed by atoms with van der Waals surface area (Å²) in [6, 6.07) is 3.96. The molecule has 3 nitrogen and oxygen atoms in total. The molecule has 2 aromatic rings. The molecule has 2 heterocycles. The van der Waals surface area contributed by atoms with Crippen LogP contribution in [-0.2, 0) is 6.42 Å². The quantitative estimate of drug-likeness (QED) is 0.778. The lowest BCUT2D eigenvalue weighted by Gasteiger charge is -1.98. The van der Waals surface area contributed by atoms with E-state index < -0.39 is 0 Å². The molecule has 0 amide bonds. The van der Waals surface area contributed by atoms with Crippen molar-refractivity contribution in [1.82, 2.24) is 14.6 Å². The highest BCUT2D eigenvalue weighted by atomic mass is 35.5. The van der Waals surface area contributed by atoms with E-state index in [9.17, 15) is 0 Å². The third-order valence-electron chi connectivity index (χ3n) is 2.13. The Balaban J connectivity index is 2.31. The largest absolute Gasteiger partial charge is 0.219 e. The van der Waals surface area contributed by atoms with Crippen molar-refractivity contribution < 1.29 is 0 Å². The van der Waals surface area contributed by atoms with Gasteiger partial charge in [-0.1, -0.05) is 24.9 Å². The van der Waals surface area contributed by atoms with E-state index in [-0.39, 0.29) is 0 Å². The molecule has 4 heteroatoms. The SMILES string of the molecule is CCCCc1ccc2nc(Cl)cn2n1. The van der Waals surface area contributed by atoms with Crippen LogP contribution in [0.3, 0.4) is 0 Å². The van der Waals surface area contributed by atoms with Gasteiger partial charge in [-0.3, -0.25) is 0 Å². The van der Waals surface area contributed by atoms with E-state index in [1.807, 2.05) is 12.1 Å². The zero-order valence-electron chi connectivity index (χ0n) is 8.07. The highest BCUT2D eigenvalue weighted by Gasteiger charge is 2.01. The van der Waals surface area contributed by atoms with Crippen LogP contribution in [0.2, 0.25) is 5.15 Å². The first kappa shape index (κ1) is 9.46. The summed E-state index contributed by atoms with van der Waals surface area (Å²) in [5.41, 5.74) is 1.89. The summed E-state index contributed by atoms with van der Waals surface area (Å²) in [6.07, 6.45) is 5.10. The summed E-state index contributed by atoms with van der Waals surface area (Å²) in [7, 11) is 0. The molecular formula is C10H12ClN3. The van der Waals surface area contributed by atoms with E-state index in [0.717, 1.165) is 17.8 Å². The molecule has 2 rings (SSSR count). The van der Waals surface area contributed by atoms with Crippen molar-refractivity contribution in [2.24, 2.45) is 0 Å². The molecule has 74 valence electrons. The summed E-state index contributed by atoms with van der Waals surface area (Å²) in [4.78, 5) is 4.10. The number of hydrogen-bond donors (Lipinski definition) is 0. The molecule has 0 atom stereocenters. The molecule has 0 aliphatic heterocycles. The average Bonchev–Trinajstić information content (AvgIpc) is 2.54. The highest BCUT2D eigenvalue weighted by molar-refractivity contribution is 6.29. The highest BCUT2D eigenvalue weighted by Crippen LogP contribution is 2.09. The molecule has 0 fully saturated rings. The lowest BCUT2D eigenvalue weighted by molar-refractivity contribution is 0.748. The molecule has 0 N–H and O–H groups in total. The van der Waals surface area contributed by atoms with Crippen LogP contribution in [0.4, 0.5) is 0 Å². The Hall–Kier alpha value is -1.09. The number of aromatic nitrogens is 3. The van der Waals surface area contributed by atoms with Crippen molar-refractivity contribution in [3.05, 3.63) is 29.2 Å². The van der Waals surface area contributed by atoms with Gasteiger partial charge in [0.1, 0.15) is 5.15 Å². The summed E-state index contributed by atoms with van der Waals surface area (Å²) >= 11 is 5.77. The summed E-state index contributed by atoms with van der Waals surface area (Å²) < 4.78 is 1.73. The second kappa shape index (κ2) is 3.96. The second-order valence-corrected chi connectivity index (χ2v) is 3.68. The van der Waals surface area contributed by atoms with Crippen molar-refractivity contribution in [2.45, 2.75) is 26.2 Å². The monoisotopic (exact) mass is 209 g/mol. The minimum absolute atomic E-state index is 0.491. The van der Waals surface area contributed by atoms with Crippen LogP contribution in [0.1, 0.15) is 25.5 Å². The number of imidazole rings is 1. The van der Waals surface area contributed by atoms with Gasteiger partial charge in [0.05, 0.1) is 11.9 Å². The Morgan fingerprint density at radius 2 is 2.29 bits per heavy atom. The second-order valence-electron chi connectivity index (χ2n) is 3.29. The van der Waals surface area contributed by atoms with E-state index in [2.05, 4.69) is 17.0 Å². The number of fused-ring (bicyclic) bond motifs is 1. The van der Waals surface area contributed by atoms with Crippen molar-refractivity contribution in [3.8, 4) is 0 Å². The number of halogens is 1. The minimum atomic E-state index is 0.491. The van der Waals surface area contributed by atoms with E-state index in [0.29, 0.717) is 5.15 Å². The van der Waals surface area contributed by atoms with Crippen molar-refractivity contribution in [2.75, 3.05) is 0 Å². The molecule has 0 aliphatic rings. The van der Waals surface area contributed by atoms with Gasteiger partial charge in [0.25, 0.3) is 0 Å². The first-order chi connectivity index (χ1) is 6.79. The van der Waals surface area contributed by atoms with Crippen LogP contribution in [0.15, 0.2) is 18.3 Å². The molecule has 0 aliphatic carbocycles. The van der Waals surface area contributed by atoms with Crippen molar-refractivity contribution in [3.63, 3.8) is 0 Å². The Bertz CT molecular complexity index is 436. The smallest absolute Gasteiger partial charge is 0.155 e. The predicted octanol–water partition coefficient (Wildman–Crippen LogP) is 2.73. The molecule has 0 aromatic carbocycles. The molecule has 2 aromatic heterocycles. The lowest BCUT2D eigenvalue weighted by atomic mass is 10.2. The summed E-state index contributed by atoms with van der Waals surface area (Å²) in [6.45, 7) is 2.17. The number of nitrogens with zero attached hydrogens (tertiary/aromatic N) is 3. The van der Waals surface area contributed by atoms with Crippen LogP contribution in [0.5, 0.6) is 0 Å². The maximum atomic E-state index is 5.77. The zero-order valence-corrected chi connectivity index (χ0v) is 8.83. The predicted molar refractivity (Wildman–Crippen MR) is 56.6 cm³/mol. The molecule has 14 heavy (non-hydrogen) atoms. The summed E-state index contributed by atoms with van der Waals surface area (Å²) in [5.74, 6) is 0. The van der Waals surface area contributed by atoms with Gasteiger partial charge < -0.3 is 0 Å². The third-order valence-corrected chi connectivity index (χ3v) is 2.31. The van der Waals surface area contributed by atoms with Gasteiger partial charge >= 0.3 is 0 Å². The van der Waals surface area contributed by atoms with Gasteiger partial charge in [-0.15, -0.1) is 0 Å². The van der Waals surface area contributed by atoms with Gasteiger partial charge in [-0.05, 0) is 25.0 Å². The van der Waals surface area contributed by atoms with Crippen LogP contribution in [0.25, 0.3) is 5.65 Å². The fraction of sp³-hybridized carbons (Fsp3) is 0.400. The molecule has 0 radical (unpaired) electrons. The number of rotatable bonds is 3. The Morgan fingerprint density at radius 3 is 3.07 bits per heavy atom. The molecule has 0 spiro atoms. The number of hydrogen-bond acceptors (Lipinski definition) is 2. The summed E-state index contributed by atoms with van der Waals surface area (Å²) in [5, 5.41) is 4.89. The molecule has 0 unspecified atom stereocenters. The van der Waals surface area contributed by atoms with Crippen LogP contribution in [0, 0.1) is 0 Å². The van der Waals surface area contributed by atoms with Crippen molar-refractivity contribution in [1.29, 1.82) is 0 Å². The maximum absolute atomic E-state index is 5.77. The maximum Gasteiger partial charge on any atom is 0.155 e. The minimum Gasteiger partial charge on any atom is -0.219 e. The standard InChI is InChI=1S/C10H12ClN3/c1-2-3-4-8-5-6-10-12-9(11)7-14(10)13-8/h5-7H,2-4H2,1H3. The zero-order chi connectivity index (χ0) is 9.97. The normalized spacial score (nSPS) is 11.0. The van der Waals surface area contributed by atoms with E-state index in [1.165, 1.54) is 12.8 Å². The average molecular weight is 210 g/mol. The van der Waals surface area contributed by atoms with Gasteiger partial charge in [0.2, 0.25) is 0 Å². The lowest BCUT2D eigenvalue weighted by Crippen LogP contribution is -1.96. The Morgan fingerprint density at radius 1 is 1.43 bits per heavy atom. The van der Waals surface area contributed by atoms with Gasteiger partial charge in [0.15, 0.2) is 5.65 Å². The van der Waals surface area contributed by atoms with E-state index in [1.54, 1.807) is 10.7 Å². The molecular weight excluding hydrogens is 198 g/mol. The molecule has 0 saturated heterocycles. The fourth-order valence-electron chi connectivity index (χ4n) is 1.38. The first-order valence-electron chi connectivity index (χ1n) is 4.80. The van der Waals surface area contributed by atoms with Crippen LogP contribution < -0.4 is 0 Å². The van der Waals surface area contributed by atoms with Crippen LogP contribution in [-0.4, -0.2) is 14.6 Å². The van der Waals surface area contributed by atoms with Crippen LogP contribution >= 0.6 is 11.6 Å². The molecule has 0 bridgehead atoms. The number of unbranched alkanes of at least 4 members (excludes halogenated alkanes) is 1. The topological polar surface area (TPSA) is 30.2 Å². The van der Waals surface area contributed by atoms with Gasteiger partial charge in [-0.25, -0.2) is 9.50 Å². The Labute approximate surface area is 87.7 Å². The van der Waals surface area contributed by atoms with Gasteiger partial charge in [-0.2, -0.15) is 5.10 Å². The Kier molecular flexibility index (Phi) is 2.68. The third kappa shape index (κ3) is 1.87.